The van der Waals surface area contributed by atoms with E-state index in [0.717, 1.165) is 19.3 Å². The van der Waals surface area contributed by atoms with Crippen LogP contribution in [-0.4, -0.2) is 29.9 Å². The molecule has 1 aliphatic heterocycles. The molecule has 0 aromatic heterocycles. The number of carbonyl (C=O) groups is 2. The highest BCUT2D eigenvalue weighted by Crippen LogP contribution is 2.19. The molecule has 3 atom stereocenters. The van der Waals surface area contributed by atoms with Crippen molar-refractivity contribution in [3.63, 3.8) is 0 Å². The van der Waals surface area contributed by atoms with Gasteiger partial charge in [-0.25, -0.2) is 0 Å². The van der Waals surface area contributed by atoms with Crippen molar-refractivity contribution < 1.29 is 9.59 Å². The molecule has 2 amide bonds. The van der Waals surface area contributed by atoms with E-state index in [9.17, 15) is 9.59 Å². The zero-order chi connectivity index (χ0) is 18.5. The molecule has 1 aliphatic carbocycles. The number of benzene rings is 1. The largest absolute Gasteiger partial charge is 0.352 e. The first-order chi connectivity index (χ1) is 12.6. The lowest BCUT2D eigenvalue weighted by atomic mass is 9.94. The van der Waals surface area contributed by atoms with E-state index in [1.54, 1.807) is 0 Å². The van der Waals surface area contributed by atoms with E-state index in [4.69, 9.17) is 0 Å². The van der Waals surface area contributed by atoms with Gasteiger partial charge in [0.15, 0.2) is 0 Å². The molecule has 26 heavy (non-hydrogen) atoms. The molecular weight excluding hydrogens is 326 g/mol. The van der Waals surface area contributed by atoms with Crippen LogP contribution in [0, 0.1) is 5.92 Å². The molecule has 5 heteroatoms. The third-order valence-electron chi connectivity index (χ3n) is 5.89. The number of fused-ring (bicyclic) bond motifs is 1. The van der Waals surface area contributed by atoms with E-state index in [1.807, 2.05) is 19.1 Å². The van der Waals surface area contributed by atoms with E-state index < -0.39 is 6.04 Å². The second-order valence-electron chi connectivity index (χ2n) is 7.77. The van der Waals surface area contributed by atoms with Gasteiger partial charge in [0.25, 0.3) is 0 Å². The molecule has 1 aromatic rings. The number of nitrogens with one attached hydrogen (secondary N) is 3. The predicted octanol–water partition coefficient (Wildman–Crippen LogP) is 2.29. The van der Waals surface area contributed by atoms with Crippen LogP contribution >= 0.6 is 0 Å². The highest BCUT2D eigenvalue weighted by atomic mass is 16.2. The van der Waals surface area contributed by atoms with Crippen molar-refractivity contribution in [2.45, 2.75) is 77.0 Å². The molecule has 3 N–H and O–H groups in total. The lowest BCUT2D eigenvalue weighted by molar-refractivity contribution is -0.131. The van der Waals surface area contributed by atoms with Gasteiger partial charge in [-0.2, -0.15) is 0 Å². The van der Waals surface area contributed by atoms with Crippen LogP contribution in [0.2, 0.25) is 0 Å². The highest BCUT2D eigenvalue weighted by Gasteiger charge is 2.31. The van der Waals surface area contributed by atoms with Gasteiger partial charge in [-0.05, 0) is 36.3 Å². The minimum absolute atomic E-state index is 0.0317. The van der Waals surface area contributed by atoms with Gasteiger partial charge in [-0.3, -0.25) is 9.59 Å². The van der Waals surface area contributed by atoms with Gasteiger partial charge in [-0.15, -0.1) is 0 Å². The molecule has 0 radical (unpaired) electrons. The van der Waals surface area contributed by atoms with E-state index in [-0.39, 0.29) is 29.8 Å². The summed E-state index contributed by atoms with van der Waals surface area (Å²) in [6.07, 6.45) is 5.97. The Hall–Kier alpha value is -1.88. The second kappa shape index (κ2) is 8.67. The number of carbonyl (C=O) groups excluding carboxylic acids is 2. The molecule has 3 rings (SSSR count). The summed E-state index contributed by atoms with van der Waals surface area (Å²) in [5.41, 5.74) is 2.45. The first-order valence-corrected chi connectivity index (χ1v) is 9.99. The van der Waals surface area contributed by atoms with Crippen LogP contribution in [0.15, 0.2) is 24.3 Å². The van der Waals surface area contributed by atoms with Crippen molar-refractivity contribution in [1.82, 2.24) is 16.0 Å². The summed E-state index contributed by atoms with van der Waals surface area (Å²) >= 11 is 0. The summed E-state index contributed by atoms with van der Waals surface area (Å²) < 4.78 is 0. The first kappa shape index (κ1) is 18.9. The van der Waals surface area contributed by atoms with Gasteiger partial charge in [-0.1, -0.05) is 57.4 Å². The molecule has 5 nitrogen and oxygen atoms in total. The lowest BCUT2D eigenvalue weighted by Crippen LogP contribution is -2.57. The summed E-state index contributed by atoms with van der Waals surface area (Å²) in [6.45, 7) is 4.78. The Kier molecular flexibility index (Phi) is 6.30. The molecule has 0 spiro atoms. The molecule has 1 fully saturated rings. The maximum Gasteiger partial charge on any atom is 0.243 e. The molecule has 1 unspecified atom stereocenters. The van der Waals surface area contributed by atoms with Crippen molar-refractivity contribution in [1.29, 1.82) is 0 Å². The highest BCUT2D eigenvalue weighted by molar-refractivity contribution is 5.90. The topological polar surface area (TPSA) is 70.2 Å². The first-order valence-electron chi connectivity index (χ1n) is 9.99. The molecule has 2 aliphatic rings. The zero-order valence-corrected chi connectivity index (χ0v) is 15.9. The van der Waals surface area contributed by atoms with Crippen LogP contribution in [0.1, 0.15) is 57.1 Å². The molecular formula is C21H31N3O2. The van der Waals surface area contributed by atoms with Crippen molar-refractivity contribution in [3.8, 4) is 0 Å². The number of hydrogen-bond acceptors (Lipinski definition) is 3. The van der Waals surface area contributed by atoms with E-state index in [0.29, 0.717) is 13.0 Å². The van der Waals surface area contributed by atoms with Crippen molar-refractivity contribution in [3.05, 3.63) is 35.4 Å². The quantitative estimate of drug-likeness (QED) is 0.732. The Morgan fingerprint density at radius 2 is 1.88 bits per heavy atom. The minimum Gasteiger partial charge on any atom is -0.352 e. The van der Waals surface area contributed by atoms with E-state index in [2.05, 4.69) is 35.0 Å². The maximum absolute atomic E-state index is 12.8. The van der Waals surface area contributed by atoms with Crippen molar-refractivity contribution in [2.24, 2.45) is 5.92 Å². The van der Waals surface area contributed by atoms with Crippen LogP contribution in [-0.2, 0) is 22.6 Å². The van der Waals surface area contributed by atoms with Crippen LogP contribution in [0.4, 0.5) is 0 Å². The molecule has 142 valence electrons. The fraction of sp³-hybridized carbons (Fsp3) is 0.619. The van der Waals surface area contributed by atoms with Crippen LogP contribution in [0.5, 0.6) is 0 Å². The maximum atomic E-state index is 12.8. The van der Waals surface area contributed by atoms with Crippen LogP contribution in [0.3, 0.4) is 0 Å². The fourth-order valence-corrected chi connectivity index (χ4v) is 3.96. The van der Waals surface area contributed by atoms with Crippen molar-refractivity contribution in [2.75, 3.05) is 0 Å². The Balaban J connectivity index is 1.62. The Bertz CT molecular complexity index is 640. The Labute approximate surface area is 156 Å². The molecule has 0 saturated heterocycles. The second-order valence-corrected chi connectivity index (χ2v) is 7.77. The lowest BCUT2D eigenvalue weighted by Gasteiger charge is -2.30. The average molecular weight is 357 g/mol. The summed E-state index contributed by atoms with van der Waals surface area (Å²) in [7, 11) is 0. The van der Waals surface area contributed by atoms with Crippen LogP contribution < -0.4 is 16.0 Å². The zero-order valence-electron chi connectivity index (χ0n) is 15.9. The summed E-state index contributed by atoms with van der Waals surface area (Å²) in [6, 6.07) is 7.72. The third kappa shape index (κ3) is 4.44. The van der Waals surface area contributed by atoms with E-state index >= 15 is 0 Å². The number of hydrogen-bond donors (Lipinski definition) is 3. The molecule has 1 heterocycles. The van der Waals surface area contributed by atoms with Gasteiger partial charge in [0, 0.05) is 12.6 Å². The minimum atomic E-state index is -0.466. The van der Waals surface area contributed by atoms with Gasteiger partial charge >= 0.3 is 0 Å². The molecule has 1 saturated carbocycles. The Morgan fingerprint density at radius 1 is 1.19 bits per heavy atom. The standard InChI is InChI=1S/C21H31N3O2/c1-3-14(2)19(21(26)23-17-10-6-7-11-17)24-20(25)18-12-15-8-4-5-9-16(15)13-22-18/h4-5,8-9,14,17-19,22H,3,6-7,10-13H2,1-2H3,(H,23,26)(H,24,25)/t14?,18-,19-/m0/s1. The molecule has 1 aromatic carbocycles. The SMILES string of the molecule is CCC(C)[C@H](NC(=O)[C@@H]1Cc2ccccc2CN1)C(=O)NC1CCCC1. The van der Waals surface area contributed by atoms with Gasteiger partial charge < -0.3 is 16.0 Å². The number of rotatable bonds is 6. The Morgan fingerprint density at radius 3 is 2.58 bits per heavy atom. The summed E-state index contributed by atoms with van der Waals surface area (Å²) in [4.78, 5) is 25.6. The number of amides is 2. The van der Waals surface area contributed by atoms with E-state index in [1.165, 1.54) is 24.0 Å². The summed E-state index contributed by atoms with van der Waals surface area (Å²) in [5.74, 6) is -0.00147. The predicted molar refractivity (Wildman–Crippen MR) is 103 cm³/mol. The smallest absolute Gasteiger partial charge is 0.243 e. The van der Waals surface area contributed by atoms with Crippen LogP contribution in [0.25, 0.3) is 0 Å². The third-order valence-corrected chi connectivity index (χ3v) is 5.89. The average Bonchev–Trinajstić information content (AvgIpc) is 3.17. The van der Waals surface area contributed by atoms with Gasteiger partial charge in [0.1, 0.15) is 6.04 Å². The normalized spacial score (nSPS) is 22.3. The van der Waals surface area contributed by atoms with Gasteiger partial charge in [0.05, 0.1) is 6.04 Å². The fourth-order valence-electron chi connectivity index (χ4n) is 3.96. The summed E-state index contributed by atoms with van der Waals surface area (Å²) in [5, 5.41) is 9.48. The van der Waals surface area contributed by atoms with Gasteiger partial charge in [0.2, 0.25) is 11.8 Å². The monoisotopic (exact) mass is 357 g/mol. The van der Waals surface area contributed by atoms with Crippen molar-refractivity contribution >= 4 is 11.8 Å². The molecule has 0 bridgehead atoms.